The molecule has 0 aliphatic carbocycles. The van der Waals surface area contributed by atoms with E-state index in [0.29, 0.717) is 31.7 Å². The van der Waals surface area contributed by atoms with Gasteiger partial charge in [0.25, 0.3) is 5.91 Å². The third-order valence-electron chi connectivity index (χ3n) is 4.03. The first-order valence-corrected chi connectivity index (χ1v) is 8.94. The van der Waals surface area contributed by atoms with E-state index in [2.05, 4.69) is 10.3 Å². The first-order valence-electron chi connectivity index (χ1n) is 8.94. The summed E-state index contributed by atoms with van der Waals surface area (Å²) in [5.74, 6) is -0.260. The van der Waals surface area contributed by atoms with Crippen molar-refractivity contribution in [1.82, 2.24) is 20.1 Å². The molecular weight excluding hydrogens is 352 g/mol. The fourth-order valence-corrected chi connectivity index (χ4v) is 2.67. The largest absolute Gasteiger partial charge is 0.472 e. The lowest BCUT2D eigenvalue weighted by Crippen LogP contribution is -2.40. The van der Waals surface area contributed by atoms with E-state index >= 15 is 0 Å². The average molecular weight is 378 g/mol. The fraction of sp³-hybridized carbons (Fsp3) is 0.556. The maximum absolute atomic E-state index is 12.2. The molecule has 1 aromatic heterocycles. The molecule has 2 heterocycles. The summed E-state index contributed by atoms with van der Waals surface area (Å²) in [6.45, 7) is 3.20. The zero-order chi connectivity index (χ0) is 19.8. The third kappa shape index (κ3) is 5.83. The lowest BCUT2D eigenvalue weighted by molar-refractivity contribution is -0.142. The van der Waals surface area contributed by atoms with Crippen LogP contribution in [0.2, 0.25) is 0 Å². The molecule has 0 aromatic carbocycles. The molecule has 0 spiro atoms. The van der Waals surface area contributed by atoms with Crippen LogP contribution < -0.4 is 10.1 Å². The van der Waals surface area contributed by atoms with Gasteiger partial charge in [-0.15, -0.1) is 0 Å². The van der Waals surface area contributed by atoms with Crippen molar-refractivity contribution in [2.75, 3.05) is 40.3 Å². The van der Waals surface area contributed by atoms with Gasteiger partial charge in [0.15, 0.2) is 0 Å². The van der Waals surface area contributed by atoms with Crippen LogP contribution in [0, 0.1) is 0 Å². The predicted octanol–water partition coefficient (Wildman–Crippen LogP) is 0.899. The molecule has 1 N–H and O–H groups in total. The Hall–Kier alpha value is -2.84. The number of esters is 1. The summed E-state index contributed by atoms with van der Waals surface area (Å²) in [5.41, 5.74) is 0.389. The normalized spacial score (nSPS) is 16.0. The van der Waals surface area contributed by atoms with Crippen LogP contribution in [-0.4, -0.2) is 79.1 Å². The van der Waals surface area contributed by atoms with Crippen molar-refractivity contribution >= 4 is 17.9 Å². The van der Waals surface area contributed by atoms with Crippen molar-refractivity contribution in [2.45, 2.75) is 25.9 Å². The van der Waals surface area contributed by atoms with Crippen LogP contribution in [0.3, 0.4) is 0 Å². The first-order chi connectivity index (χ1) is 12.9. The molecule has 27 heavy (non-hydrogen) atoms. The van der Waals surface area contributed by atoms with E-state index in [4.69, 9.17) is 9.47 Å². The Morgan fingerprint density at radius 1 is 1.37 bits per heavy atom. The number of carbonyl (C=O) groups excluding carboxylic acids is 3. The van der Waals surface area contributed by atoms with Crippen molar-refractivity contribution in [2.24, 2.45) is 0 Å². The minimum atomic E-state index is -0.339. The van der Waals surface area contributed by atoms with Crippen LogP contribution in [0.25, 0.3) is 0 Å². The van der Waals surface area contributed by atoms with Crippen molar-refractivity contribution in [3.63, 3.8) is 0 Å². The maximum atomic E-state index is 12.2. The topological polar surface area (TPSA) is 101 Å². The molecule has 1 atom stereocenters. The van der Waals surface area contributed by atoms with Gasteiger partial charge in [-0.2, -0.15) is 0 Å². The van der Waals surface area contributed by atoms with E-state index in [1.54, 1.807) is 44.2 Å². The molecule has 1 unspecified atom stereocenters. The van der Waals surface area contributed by atoms with Gasteiger partial charge in [-0.25, -0.2) is 9.78 Å². The first kappa shape index (κ1) is 20.5. The molecule has 0 bridgehead atoms. The van der Waals surface area contributed by atoms with Crippen LogP contribution in [-0.2, 0) is 9.53 Å². The van der Waals surface area contributed by atoms with Crippen molar-refractivity contribution in [3.8, 4) is 5.88 Å². The lowest BCUT2D eigenvalue weighted by Gasteiger charge is -2.19. The van der Waals surface area contributed by atoms with E-state index in [0.717, 1.165) is 0 Å². The standard InChI is InChI=1S/C18H26N4O5/c1-4-26-15(23)7-10-20-18(25)22-11-8-13(12-22)27-16-14(6-5-9-19-16)17(24)21(2)3/h5-6,9,13H,4,7-8,10-12H2,1-3H3,(H,20,25). The number of aromatic nitrogens is 1. The fourth-order valence-electron chi connectivity index (χ4n) is 2.67. The predicted molar refractivity (Wildman–Crippen MR) is 97.5 cm³/mol. The van der Waals surface area contributed by atoms with Crippen LogP contribution in [0.4, 0.5) is 4.79 Å². The van der Waals surface area contributed by atoms with Crippen molar-refractivity contribution in [3.05, 3.63) is 23.9 Å². The number of urea groups is 1. The van der Waals surface area contributed by atoms with Crippen LogP contribution >= 0.6 is 0 Å². The monoisotopic (exact) mass is 378 g/mol. The van der Waals surface area contributed by atoms with Gasteiger partial charge in [0.2, 0.25) is 5.88 Å². The molecule has 148 valence electrons. The summed E-state index contributed by atoms with van der Waals surface area (Å²) >= 11 is 0. The Kier molecular flexibility index (Phi) is 7.39. The summed E-state index contributed by atoms with van der Waals surface area (Å²) in [6.07, 6.45) is 2.09. The number of rotatable bonds is 7. The van der Waals surface area contributed by atoms with Crippen LogP contribution in [0.15, 0.2) is 18.3 Å². The number of nitrogens with zero attached hydrogens (tertiary/aromatic N) is 3. The molecule has 1 saturated heterocycles. The van der Waals surface area contributed by atoms with Gasteiger partial charge in [0, 0.05) is 39.8 Å². The van der Waals surface area contributed by atoms with E-state index in [9.17, 15) is 14.4 Å². The number of carbonyl (C=O) groups is 3. The molecule has 9 heteroatoms. The molecule has 1 aromatic rings. The Morgan fingerprint density at radius 2 is 2.15 bits per heavy atom. The summed E-state index contributed by atoms with van der Waals surface area (Å²) in [4.78, 5) is 42.9. The van der Waals surface area contributed by atoms with Crippen molar-refractivity contribution < 1.29 is 23.9 Å². The van der Waals surface area contributed by atoms with Gasteiger partial charge in [-0.3, -0.25) is 9.59 Å². The summed E-state index contributed by atoms with van der Waals surface area (Å²) in [7, 11) is 3.33. The van der Waals surface area contributed by atoms with E-state index in [-0.39, 0.29) is 42.9 Å². The van der Waals surface area contributed by atoms with E-state index < -0.39 is 0 Å². The van der Waals surface area contributed by atoms with Gasteiger partial charge in [0.1, 0.15) is 11.7 Å². The summed E-state index contributed by atoms with van der Waals surface area (Å²) in [5, 5.41) is 2.70. The Morgan fingerprint density at radius 3 is 2.85 bits per heavy atom. The van der Waals surface area contributed by atoms with Gasteiger partial charge in [0.05, 0.1) is 19.6 Å². The number of pyridine rings is 1. The number of nitrogens with one attached hydrogen (secondary N) is 1. The quantitative estimate of drug-likeness (QED) is 0.708. The molecule has 0 saturated carbocycles. The van der Waals surface area contributed by atoms with Gasteiger partial charge >= 0.3 is 12.0 Å². The summed E-state index contributed by atoms with van der Waals surface area (Å²) < 4.78 is 10.7. The molecule has 1 fully saturated rings. The van der Waals surface area contributed by atoms with E-state index in [1.807, 2.05) is 0 Å². The van der Waals surface area contributed by atoms with Crippen molar-refractivity contribution in [1.29, 1.82) is 0 Å². The van der Waals surface area contributed by atoms with Gasteiger partial charge in [-0.1, -0.05) is 0 Å². The zero-order valence-corrected chi connectivity index (χ0v) is 15.9. The number of likely N-dealkylation sites (tertiary alicyclic amines) is 1. The van der Waals surface area contributed by atoms with E-state index in [1.165, 1.54) is 4.90 Å². The molecule has 0 radical (unpaired) electrons. The molecule has 9 nitrogen and oxygen atoms in total. The molecule has 2 rings (SSSR count). The highest BCUT2D eigenvalue weighted by Crippen LogP contribution is 2.21. The number of amides is 3. The second-order valence-electron chi connectivity index (χ2n) is 6.32. The third-order valence-corrected chi connectivity index (χ3v) is 4.03. The number of ether oxygens (including phenoxy) is 2. The minimum Gasteiger partial charge on any atom is -0.472 e. The molecule has 1 aliphatic heterocycles. The smallest absolute Gasteiger partial charge is 0.317 e. The second kappa shape index (κ2) is 9.75. The number of hydrogen-bond acceptors (Lipinski definition) is 6. The highest BCUT2D eigenvalue weighted by atomic mass is 16.5. The second-order valence-corrected chi connectivity index (χ2v) is 6.32. The highest BCUT2D eigenvalue weighted by molar-refractivity contribution is 5.96. The minimum absolute atomic E-state index is 0.136. The molecular formula is C18H26N4O5. The lowest BCUT2D eigenvalue weighted by atomic mass is 10.2. The Balaban J connectivity index is 1.85. The maximum Gasteiger partial charge on any atom is 0.317 e. The number of hydrogen-bond donors (Lipinski definition) is 1. The molecule has 1 aliphatic rings. The Labute approximate surface area is 158 Å². The summed E-state index contributed by atoms with van der Waals surface area (Å²) in [6, 6.07) is 3.09. The SMILES string of the molecule is CCOC(=O)CCNC(=O)N1CCC(Oc2ncccc2C(=O)N(C)C)C1. The highest BCUT2D eigenvalue weighted by Gasteiger charge is 2.29. The molecule has 3 amide bonds. The van der Waals surface area contributed by atoms with Gasteiger partial charge < -0.3 is 24.6 Å². The van der Waals surface area contributed by atoms with Gasteiger partial charge in [-0.05, 0) is 19.1 Å². The van der Waals surface area contributed by atoms with Crippen LogP contribution in [0.1, 0.15) is 30.1 Å². The van der Waals surface area contributed by atoms with Crippen LogP contribution in [0.5, 0.6) is 5.88 Å². The Bertz CT molecular complexity index is 679. The zero-order valence-electron chi connectivity index (χ0n) is 15.9. The average Bonchev–Trinajstić information content (AvgIpc) is 3.10.